The van der Waals surface area contributed by atoms with E-state index in [1.807, 2.05) is 24.6 Å². The van der Waals surface area contributed by atoms with E-state index < -0.39 is 10.0 Å². The Bertz CT molecular complexity index is 1030. The van der Waals surface area contributed by atoms with Gasteiger partial charge in [0.05, 0.1) is 48.5 Å². The average molecular weight is 346 g/mol. The molecular weight excluding hydrogens is 328 g/mol. The van der Waals surface area contributed by atoms with Crippen LogP contribution in [0.5, 0.6) is 5.75 Å². The Labute approximate surface area is 140 Å². The number of sulfonamides is 1. The molecule has 0 saturated carbocycles. The Morgan fingerprint density at radius 1 is 1.25 bits per heavy atom. The number of aryl methyl sites for hydroxylation is 2. The van der Waals surface area contributed by atoms with Crippen LogP contribution in [0.4, 0.5) is 5.69 Å². The maximum atomic E-state index is 11.6. The molecule has 0 aliphatic heterocycles. The lowest BCUT2D eigenvalue weighted by atomic mass is 10.1. The quantitative estimate of drug-likeness (QED) is 0.783. The van der Waals surface area contributed by atoms with E-state index in [1.165, 1.54) is 7.11 Å². The number of pyridine rings is 1. The van der Waals surface area contributed by atoms with Crippen LogP contribution in [0, 0.1) is 6.92 Å². The van der Waals surface area contributed by atoms with E-state index in [0.29, 0.717) is 17.0 Å². The van der Waals surface area contributed by atoms with Gasteiger partial charge in [0, 0.05) is 12.4 Å². The van der Waals surface area contributed by atoms with Gasteiger partial charge < -0.3 is 9.30 Å². The number of benzene rings is 1. The fourth-order valence-corrected chi connectivity index (χ4v) is 3.16. The van der Waals surface area contributed by atoms with E-state index in [9.17, 15) is 8.42 Å². The van der Waals surface area contributed by atoms with Crippen LogP contribution >= 0.6 is 0 Å². The first kappa shape index (κ1) is 16.3. The zero-order chi connectivity index (χ0) is 17.5. The van der Waals surface area contributed by atoms with Gasteiger partial charge in [-0.2, -0.15) is 0 Å². The first-order valence-electron chi connectivity index (χ1n) is 7.22. The molecule has 0 radical (unpaired) electrons. The molecule has 24 heavy (non-hydrogen) atoms. The molecule has 0 saturated heterocycles. The molecule has 0 fully saturated rings. The Kier molecular flexibility index (Phi) is 3.92. The highest BCUT2D eigenvalue weighted by Gasteiger charge is 2.14. The lowest BCUT2D eigenvalue weighted by Crippen LogP contribution is -2.10. The molecule has 1 N–H and O–H groups in total. The van der Waals surface area contributed by atoms with Gasteiger partial charge in [-0.05, 0) is 30.7 Å². The van der Waals surface area contributed by atoms with Crippen molar-refractivity contribution in [3.8, 4) is 17.1 Å². The lowest BCUT2D eigenvalue weighted by Gasteiger charge is -2.13. The van der Waals surface area contributed by atoms with Gasteiger partial charge in [0.1, 0.15) is 5.75 Å². The number of imidazole rings is 1. The predicted molar refractivity (Wildman–Crippen MR) is 93.7 cm³/mol. The van der Waals surface area contributed by atoms with E-state index in [4.69, 9.17) is 4.74 Å². The lowest BCUT2D eigenvalue weighted by molar-refractivity contribution is 0.417. The number of ether oxygens (including phenoxy) is 1. The fraction of sp³-hybridized carbons (Fsp3) is 0.250. The summed E-state index contributed by atoms with van der Waals surface area (Å²) in [6, 6.07) is 5.45. The third kappa shape index (κ3) is 3.05. The number of nitrogens with one attached hydrogen (secondary N) is 1. The second-order valence-electron chi connectivity index (χ2n) is 5.66. The molecule has 7 nitrogen and oxygen atoms in total. The number of fused-ring (bicyclic) bond motifs is 1. The molecule has 0 aliphatic rings. The summed E-state index contributed by atoms with van der Waals surface area (Å²) in [6.07, 6.45) is 4.55. The van der Waals surface area contributed by atoms with Crippen molar-refractivity contribution in [3.63, 3.8) is 0 Å². The largest absolute Gasteiger partial charge is 0.495 e. The number of rotatable bonds is 4. The van der Waals surface area contributed by atoms with E-state index in [1.54, 1.807) is 24.7 Å². The van der Waals surface area contributed by atoms with E-state index in [0.717, 1.165) is 28.6 Å². The predicted octanol–water partition coefficient (Wildman–Crippen LogP) is 2.32. The summed E-state index contributed by atoms with van der Waals surface area (Å²) in [5.74, 6) is 0.450. The first-order chi connectivity index (χ1) is 11.3. The maximum absolute atomic E-state index is 11.6. The second kappa shape index (κ2) is 5.79. The van der Waals surface area contributed by atoms with Crippen molar-refractivity contribution in [2.24, 2.45) is 7.05 Å². The van der Waals surface area contributed by atoms with Crippen LogP contribution in [0.1, 0.15) is 5.56 Å². The van der Waals surface area contributed by atoms with Crippen LogP contribution in [0.15, 0.2) is 30.7 Å². The highest BCUT2D eigenvalue weighted by molar-refractivity contribution is 7.92. The highest BCUT2D eigenvalue weighted by atomic mass is 32.2. The zero-order valence-electron chi connectivity index (χ0n) is 13.9. The summed E-state index contributed by atoms with van der Waals surface area (Å²) < 4.78 is 32.8. The van der Waals surface area contributed by atoms with Crippen molar-refractivity contribution in [1.82, 2.24) is 14.5 Å². The summed E-state index contributed by atoms with van der Waals surface area (Å²) in [4.78, 5) is 8.77. The minimum Gasteiger partial charge on any atom is -0.495 e. The van der Waals surface area contributed by atoms with Crippen LogP contribution < -0.4 is 9.46 Å². The highest BCUT2D eigenvalue weighted by Crippen LogP contribution is 2.33. The van der Waals surface area contributed by atoms with E-state index >= 15 is 0 Å². The third-order valence-corrected chi connectivity index (χ3v) is 4.30. The number of anilines is 1. The average Bonchev–Trinajstić information content (AvgIpc) is 2.91. The number of hydrogen-bond donors (Lipinski definition) is 1. The van der Waals surface area contributed by atoms with Crippen molar-refractivity contribution in [1.29, 1.82) is 0 Å². The van der Waals surface area contributed by atoms with Gasteiger partial charge in [-0.15, -0.1) is 0 Å². The van der Waals surface area contributed by atoms with E-state index in [2.05, 4.69) is 14.7 Å². The molecule has 1 aromatic carbocycles. The Morgan fingerprint density at radius 2 is 2.00 bits per heavy atom. The summed E-state index contributed by atoms with van der Waals surface area (Å²) in [6.45, 7) is 1.98. The van der Waals surface area contributed by atoms with Gasteiger partial charge in [-0.3, -0.25) is 4.72 Å². The van der Waals surface area contributed by atoms with Gasteiger partial charge >= 0.3 is 0 Å². The normalized spacial score (nSPS) is 11.7. The van der Waals surface area contributed by atoms with Crippen molar-refractivity contribution in [2.45, 2.75) is 6.92 Å². The van der Waals surface area contributed by atoms with Gasteiger partial charge in [-0.1, -0.05) is 0 Å². The molecule has 3 rings (SSSR count). The molecule has 0 spiro atoms. The molecule has 8 heteroatoms. The number of aromatic nitrogens is 3. The van der Waals surface area contributed by atoms with Crippen molar-refractivity contribution in [2.75, 3.05) is 18.1 Å². The molecule has 2 heterocycles. The molecule has 0 bridgehead atoms. The van der Waals surface area contributed by atoms with Crippen molar-refractivity contribution in [3.05, 3.63) is 36.3 Å². The molecule has 2 aromatic heterocycles. The second-order valence-corrected chi connectivity index (χ2v) is 7.41. The maximum Gasteiger partial charge on any atom is 0.229 e. The minimum atomic E-state index is -3.42. The topological polar surface area (TPSA) is 86.1 Å². The Hall–Kier alpha value is -2.61. The van der Waals surface area contributed by atoms with Gasteiger partial charge in [0.15, 0.2) is 0 Å². The van der Waals surface area contributed by atoms with Crippen LogP contribution in [-0.4, -0.2) is 36.3 Å². The van der Waals surface area contributed by atoms with Crippen LogP contribution in [0.3, 0.4) is 0 Å². The molecule has 0 amide bonds. The molecule has 126 valence electrons. The van der Waals surface area contributed by atoms with Gasteiger partial charge in [0.25, 0.3) is 0 Å². The number of methoxy groups -OCH3 is 1. The third-order valence-electron chi connectivity index (χ3n) is 3.71. The molecule has 3 aromatic rings. The van der Waals surface area contributed by atoms with Crippen LogP contribution in [0.25, 0.3) is 22.3 Å². The molecule has 0 aliphatic carbocycles. The van der Waals surface area contributed by atoms with Crippen molar-refractivity contribution < 1.29 is 13.2 Å². The van der Waals surface area contributed by atoms with Crippen molar-refractivity contribution >= 4 is 26.6 Å². The van der Waals surface area contributed by atoms with Crippen LogP contribution in [0.2, 0.25) is 0 Å². The standard InChI is InChI=1S/C16H18N4O3S/c1-10-5-13(15-8-17-9-20(15)2)18-12-7-14(19-24(4,21)22)16(23-3)6-11(10)12/h5-9,19H,1-4H3. The van der Waals surface area contributed by atoms with E-state index in [-0.39, 0.29) is 0 Å². The first-order valence-corrected chi connectivity index (χ1v) is 9.11. The monoisotopic (exact) mass is 346 g/mol. The SMILES string of the molecule is COc1cc2c(C)cc(-c3cncn3C)nc2cc1NS(C)(=O)=O. The molecule has 0 atom stereocenters. The minimum absolute atomic E-state index is 0.363. The Morgan fingerprint density at radius 3 is 2.58 bits per heavy atom. The molecule has 0 unspecified atom stereocenters. The Balaban J connectivity index is 2.24. The summed E-state index contributed by atoms with van der Waals surface area (Å²) in [5.41, 5.74) is 3.71. The summed E-state index contributed by atoms with van der Waals surface area (Å²) >= 11 is 0. The number of nitrogens with zero attached hydrogens (tertiary/aromatic N) is 3. The van der Waals surface area contributed by atoms with Gasteiger partial charge in [-0.25, -0.2) is 18.4 Å². The summed E-state index contributed by atoms with van der Waals surface area (Å²) in [5, 5.41) is 0.900. The smallest absolute Gasteiger partial charge is 0.229 e. The number of hydrogen-bond acceptors (Lipinski definition) is 5. The molecular formula is C16H18N4O3S. The van der Waals surface area contributed by atoms with Crippen LogP contribution in [-0.2, 0) is 17.1 Å². The summed E-state index contributed by atoms with van der Waals surface area (Å²) in [7, 11) is -0.0221. The van der Waals surface area contributed by atoms with Gasteiger partial charge in [0.2, 0.25) is 10.0 Å². The fourth-order valence-electron chi connectivity index (χ4n) is 2.61. The zero-order valence-corrected chi connectivity index (χ0v) is 14.7.